The highest BCUT2D eigenvalue weighted by molar-refractivity contribution is 14.0. The van der Waals surface area contributed by atoms with Crippen molar-refractivity contribution in [3.63, 3.8) is 0 Å². The summed E-state index contributed by atoms with van der Waals surface area (Å²) in [6.45, 7) is 5.69. The minimum Gasteiger partial charge on any atom is -0.357 e. The van der Waals surface area contributed by atoms with Crippen LogP contribution in [0.3, 0.4) is 0 Å². The molecule has 8 heteroatoms. The Bertz CT molecular complexity index is 933. The van der Waals surface area contributed by atoms with Gasteiger partial charge in [-0.1, -0.05) is 24.3 Å². The molecule has 0 aromatic heterocycles. The normalized spacial score (nSPS) is 11.7. The lowest BCUT2D eigenvalue weighted by Crippen LogP contribution is -2.37. The Morgan fingerprint density at radius 1 is 1.10 bits per heavy atom. The van der Waals surface area contributed by atoms with Crippen molar-refractivity contribution in [3.05, 3.63) is 65.0 Å². The Morgan fingerprint density at radius 2 is 1.86 bits per heavy atom. The third-order valence-electron chi connectivity index (χ3n) is 4.23. The summed E-state index contributed by atoms with van der Waals surface area (Å²) in [5.41, 5.74) is 2.65. The first kappa shape index (κ1) is 25.4. The van der Waals surface area contributed by atoms with E-state index in [-0.39, 0.29) is 29.8 Å². The number of aliphatic imine (C=N–C) groups is 1. The molecule has 0 heterocycles. The van der Waals surface area contributed by atoms with E-state index in [1.165, 1.54) is 12.3 Å². The van der Waals surface area contributed by atoms with E-state index < -0.39 is 9.84 Å². The minimum atomic E-state index is -3.21. The maximum Gasteiger partial charge on any atom is 0.191 e. The molecule has 2 rings (SSSR count). The second kappa shape index (κ2) is 12.1. The number of rotatable bonds is 8. The molecule has 0 radical (unpaired) electrons. The van der Waals surface area contributed by atoms with Gasteiger partial charge < -0.3 is 10.6 Å². The van der Waals surface area contributed by atoms with Crippen molar-refractivity contribution >= 4 is 39.8 Å². The van der Waals surface area contributed by atoms with Crippen LogP contribution in [0.15, 0.2) is 52.4 Å². The molecule has 0 saturated carbocycles. The standard InChI is InChI=1S/C21H28FN3O2S.HI/c1-4-23-21(24-12-6-8-17-7-5-9-19(22)14-17)25-15-18-10-11-20(16(2)13-18)28(3,26)27;/h5,7,9-11,13-14H,4,6,8,12,15H2,1-3H3,(H2,23,24,25);1H. The van der Waals surface area contributed by atoms with Crippen LogP contribution in [0.2, 0.25) is 0 Å². The molecule has 0 aliphatic carbocycles. The molecular formula is C21H29FIN3O2S. The topological polar surface area (TPSA) is 70.6 Å². The average molecular weight is 533 g/mol. The van der Waals surface area contributed by atoms with Crippen molar-refractivity contribution in [2.24, 2.45) is 4.99 Å². The summed E-state index contributed by atoms with van der Waals surface area (Å²) >= 11 is 0. The highest BCUT2D eigenvalue weighted by atomic mass is 127. The molecule has 0 fully saturated rings. The zero-order valence-electron chi connectivity index (χ0n) is 17.0. The van der Waals surface area contributed by atoms with E-state index in [2.05, 4.69) is 15.6 Å². The van der Waals surface area contributed by atoms with Gasteiger partial charge in [0.05, 0.1) is 11.4 Å². The van der Waals surface area contributed by atoms with Gasteiger partial charge in [-0.2, -0.15) is 0 Å². The van der Waals surface area contributed by atoms with E-state index in [0.717, 1.165) is 36.1 Å². The predicted molar refractivity (Wildman–Crippen MR) is 127 cm³/mol. The van der Waals surface area contributed by atoms with Crippen LogP contribution >= 0.6 is 24.0 Å². The van der Waals surface area contributed by atoms with Crippen LogP contribution in [0.25, 0.3) is 0 Å². The number of halogens is 2. The fourth-order valence-electron chi connectivity index (χ4n) is 2.93. The summed E-state index contributed by atoms with van der Waals surface area (Å²) < 4.78 is 36.6. The van der Waals surface area contributed by atoms with Crippen LogP contribution in [0.4, 0.5) is 4.39 Å². The molecule has 2 N–H and O–H groups in total. The molecule has 5 nitrogen and oxygen atoms in total. The largest absolute Gasteiger partial charge is 0.357 e. The number of benzene rings is 2. The molecule has 0 unspecified atom stereocenters. The van der Waals surface area contributed by atoms with Gasteiger partial charge in [-0.3, -0.25) is 0 Å². The van der Waals surface area contributed by atoms with Crippen LogP contribution in [0.1, 0.15) is 30.0 Å². The molecule has 2 aromatic carbocycles. The zero-order valence-corrected chi connectivity index (χ0v) is 20.2. The van der Waals surface area contributed by atoms with Crippen molar-refractivity contribution in [2.45, 2.75) is 38.1 Å². The Balaban J connectivity index is 0.00000420. The number of nitrogens with zero attached hydrogens (tertiary/aromatic N) is 1. The predicted octanol–water partition coefficient (Wildman–Crippen LogP) is 3.84. The van der Waals surface area contributed by atoms with E-state index in [1.54, 1.807) is 31.2 Å². The molecule has 29 heavy (non-hydrogen) atoms. The van der Waals surface area contributed by atoms with Crippen molar-refractivity contribution in [1.82, 2.24) is 10.6 Å². The summed E-state index contributed by atoms with van der Waals surface area (Å²) in [6.07, 6.45) is 2.86. The van der Waals surface area contributed by atoms with Gasteiger partial charge in [0, 0.05) is 19.3 Å². The Kier molecular flexibility index (Phi) is 10.6. The van der Waals surface area contributed by atoms with Gasteiger partial charge in [-0.25, -0.2) is 17.8 Å². The van der Waals surface area contributed by atoms with Crippen LogP contribution < -0.4 is 10.6 Å². The number of guanidine groups is 1. The molecule has 0 spiro atoms. The van der Waals surface area contributed by atoms with E-state index in [4.69, 9.17) is 0 Å². The molecule has 0 amide bonds. The fraction of sp³-hybridized carbons (Fsp3) is 0.381. The molecule has 0 bridgehead atoms. The van der Waals surface area contributed by atoms with Gasteiger partial charge >= 0.3 is 0 Å². The van der Waals surface area contributed by atoms with E-state index >= 15 is 0 Å². The fourth-order valence-corrected chi connectivity index (χ4v) is 3.89. The van der Waals surface area contributed by atoms with Gasteiger partial charge in [0.2, 0.25) is 0 Å². The molecule has 0 aliphatic rings. The number of nitrogens with one attached hydrogen (secondary N) is 2. The maximum atomic E-state index is 13.2. The summed E-state index contributed by atoms with van der Waals surface area (Å²) in [7, 11) is -3.21. The Labute approximate surface area is 190 Å². The number of hydrogen-bond acceptors (Lipinski definition) is 3. The van der Waals surface area contributed by atoms with Crippen molar-refractivity contribution in [2.75, 3.05) is 19.3 Å². The second-order valence-electron chi connectivity index (χ2n) is 6.73. The van der Waals surface area contributed by atoms with Crippen LogP contribution in [-0.4, -0.2) is 33.7 Å². The number of hydrogen-bond donors (Lipinski definition) is 2. The summed E-state index contributed by atoms with van der Waals surface area (Å²) in [5.74, 6) is 0.490. The van der Waals surface area contributed by atoms with Crippen LogP contribution in [0, 0.1) is 12.7 Å². The average Bonchev–Trinajstić information content (AvgIpc) is 2.62. The van der Waals surface area contributed by atoms with Gasteiger partial charge in [-0.15, -0.1) is 24.0 Å². The summed E-state index contributed by atoms with van der Waals surface area (Å²) in [4.78, 5) is 4.91. The lowest BCUT2D eigenvalue weighted by atomic mass is 10.1. The maximum absolute atomic E-state index is 13.2. The minimum absolute atomic E-state index is 0. The highest BCUT2D eigenvalue weighted by Crippen LogP contribution is 2.17. The Morgan fingerprint density at radius 3 is 2.48 bits per heavy atom. The van der Waals surface area contributed by atoms with E-state index in [1.807, 2.05) is 19.1 Å². The first-order chi connectivity index (χ1) is 13.3. The quantitative estimate of drug-likeness (QED) is 0.234. The van der Waals surface area contributed by atoms with E-state index in [9.17, 15) is 12.8 Å². The first-order valence-corrected chi connectivity index (χ1v) is 11.2. The zero-order chi connectivity index (χ0) is 20.6. The smallest absolute Gasteiger partial charge is 0.191 e. The number of sulfone groups is 1. The molecule has 0 aliphatic heterocycles. The molecular weight excluding hydrogens is 504 g/mol. The van der Waals surface area contributed by atoms with Gasteiger partial charge in [0.15, 0.2) is 15.8 Å². The lowest BCUT2D eigenvalue weighted by Gasteiger charge is -2.12. The molecule has 2 aromatic rings. The van der Waals surface area contributed by atoms with Gasteiger partial charge in [0.1, 0.15) is 5.82 Å². The highest BCUT2D eigenvalue weighted by Gasteiger charge is 2.10. The third kappa shape index (κ3) is 8.69. The molecule has 0 atom stereocenters. The first-order valence-electron chi connectivity index (χ1n) is 9.36. The van der Waals surface area contributed by atoms with Crippen LogP contribution in [-0.2, 0) is 22.8 Å². The molecule has 160 valence electrons. The number of aryl methyl sites for hydroxylation is 2. The van der Waals surface area contributed by atoms with E-state index in [0.29, 0.717) is 23.9 Å². The lowest BCUT2D eigenvalue weighted by molar-refractivity contribution is 0.601. The summed E-state index contributed by atoms with van der Waals surface area (Å²) in [6, 6.07) is 11.9. The third-order valence-corrected chi connectivity index (χ3v) is 5.48. The Hall–Kier alpha value is -1.68. The van der Waals surface area contributed by atoms with Crippen molar-refractivity contribution in [1.29, 1.82) is 0 Å². The SMILES string of the molecule is CCNC(=NCc1ccc(S(C)(=O)=O)c(C)c1)NCCCc1cccc(F)c1.I. The second-order valence-corrected chi connectivity index (χ2v) is 8.71. The monoisotopic (exact) mass is 533 g/mol. The van der Waals surface area contributed by atoms with Crippen molar-refractivity contribution in [3.8, 4) is 0 Å². The summed E-state index contributed by atoms with van der Waals surface area (Å²) in [5, 5.41) is 6.47. The van der Waals surface area contributed by atoms with Gasteiger partial charge in [-0.05, 0) is 61.6 Å². The van der Waals surface area contributed by atoms with Crippen molar-refractivity contribution < 1.29 is 12.8 Å². The van der Waals surface area contributed by atoms with Crippen LogP contribution in [0.5, 0.6) is 0 Å². The molecule has 0 saturated heterocycles. The van der Waals surface area contributed by atoms with Gasteiger partial charge in [0.25, 0.3) is 0 Å².